The lowest BCUT2D eigenvalue weighted by molar-refractivity contribution is 1.09. The smallest absolute Gasteiger partial charge is 0.0601 e. The summed E-state index contributed by atoms with van der Waals surface area (Å²) in [5.74, 6) is 0. The van der Waals surface area contributed by atoms with Gasteiger partial charge in [0.05, 0.1) is 11.4 Å². The highest BCUT2D eigenvalue weighted by atomic mass is 32.2. The summed E-state index contributed by atoms with van der Waals surface area (Å²) in [4.78, 5) is 7.43. The van der Waals surface area contributed by atoms with Gasteiger partial charge in [-0.05, 0) is 138 Å². The summed E-state index contributed by atoms with van der Waals surface area (Å²) in [7, 11) is 0. The van der Waals surface area contributed by atoms with Gasteiger partial charge in [-0.15, -0.1) is 0 Å². The maximum atomic E-state index is 2.48. The van der Waals surface area contributed by atoms with E-state index < -0.39 is 0 Å². The van der Waals surface area contributed by atoms with Crippen LogP contribution >= 0.6 is 11.8 Å². The first-order valence-corrected chi connectivity index (χ1v) is 23.5. The predicted octanol–water partition coefficient (Wildman–Crippen LogP) is 18.0. The van der Waals surface area contributed by atoms with Crippen molar-refractivity contribution >= 4 is 67.4 Å². The Hall–Kier alpha value is -8.11. The van der Waals surface area contributed by atoms with Gasteiger partial charge in [0.25, 0.3) is 0 Å². The Labute approximate surface area is 389 Å². The first-order chi connectivity index (χ1) is 32.8. The second-order valence-corrected chi connectivity index (χ2v) is 18.3. The van der Waals surface area contributed by atoms with Gasteiger partial charge in [0.1, 0.15) is 0 Å². The van der Waals surface area contributed by atoms with Crippen LogP contribution in [0.3, 0.4) is 0 Å². The standard InChI is InChI=1S/C63H42N2S/c1-3-19-42(20-4-1)48-25-9-11-27-50(48)62-53-38-36-47(65-58-31-15-17-33-60(58)66-61-34-18-16-32-59(61)65)41-55(53)63(51-28-12-10-26-49(51)43-21-5-2-6-22-43)52-37-35-46(40-54(52)62)64-56-29-13-7-23-44(56)39-45-24-8-14-30-57(45)64/h1-38,40-41H,39H2. The van der Waals surface area contributed by atoms with Crippen LogP contribution in [0.25, 0.3) is 66.1 Å². The van der Waals surface area contributed by atoms with Crippen molar-refractivity contribution in [3.8, 4) is 44.5 Å². The van der Waals surface area contributed by atoms with Crippen LogP contribution in [-0.4, -0.2) is 0 Å². The molecule has 0 unspecified atom stereocenters. The van der Waals surface area contributed by atoms with Crippen LogP contribution in [0.2, 0.25) is 0 Å². The molecule has 2 heterocycles. The van der Waals surface area contributed by atoms with E-state index in [0.717, 1.165) is 17.8 Å². The number of hydrogen-bond acceptors (Lipinski definition) is 3. The monoisotopic (exact) mass is 858 g/mol. The second kappa shape index (κ2) is 15.8. The summed E-state index contributed by atoms with van der Waals surface area (Å²) < 4.78 is 0. The van der Waals surface area contributed by atoms with Gasteiger partial charge < -0.3 is 9.80 Å². The Morgan fingerprint density at radius 2 is 0.652 bits per heavy atom. The fraction of sp³-hybridized carbons (Fsp3) is 0.0159. The Morgan fingerprint density at radius 1 is 0.288 bits per heavy atom. The molecule has 0 aromatic heterocycles. The summed E-state index contributed by atoms with van der Waals surface area (Å²) in [6.45, 7) is 0. The molecule has 13 rings (SSSR count). The van der Waals surface area contributed by atoms with E-state index in [9.17, 15) is 0 Å². The van der Waals surface area contributed by atoms with Crippen LogP contribution in [0.4, 0.5) is 34.1 Å². The lowest BCUT2D eigenvalue weighted by atomic mass is 9.82. The average molecular weight is 859 g/mol. The first-order valence-electron chi connectivity index (χ1n) is 22.7. The Kier molecular flexibility index (Phi) is 9.21. The molecule has 0 atom stereocenters. The fourth-order valence-corrected chi connectivity index (χ4v) is 11.6. The van der Waals surface area contributed by atoms with E-state index in [1.54, 1.807) is 0 Å². The molecule has 11 aromatic rings. The van der Waals surface area contributed by atoms with Crippen LogP contribution in [0.1, 0.15) is 11.1 Å². The van der Waals surface area contributed by atoms with Crippen molar-refractivity contribution in [1.82, 2.24) is 0 Å². The molecule has 0 aliphatic carbocycles. The van der Waals surface area contributed by atoms with Crippen molar-refractivity contribution in [2.45, 2.75) is 16.2 Å². The van der Waals surface area contributed by atoms with Crippen molar-refractivity contribution in [1.29, 1.82) is 0 Å². The van der Waals surface area contributed by atoms with E-state index in [0.29, 0.717) is 0 Å². The highest BCUT2D eigenvalue weighted by Gasteiger charge is 2.29. The molecular formula is C63H42N2S. The molecule has 0 fully saturated rings. The van der Waals surface area contributed by atoms with Crippen molar-refractivity contribution in [2.24, 2.45) is 0 Å². The molecular weight excluding hydrogens is 817 g/mol. The zero-order chi connectivity index (χ0) is 43.6. The summed E-state index contributed by atoms with van der Waals surface area (Å²) >= 11 is 1.84. The lowest BCUT2D eigenvalue weighted by Crippen LogP contribution is -2.18. The number of rotatable bonds is 6. The SMILES string of the molecule is c1ccc(-c2ccccc2-c2c3ccc(N4c5ccccc5Sc5ccccc54)cc3c(-c3ccccc3-c3ccccc3)c3ccc(N4c5ccccc5Cc5ccccc54)cc23)cc1. The fourth-order valence-electron chi connectivity index (χ4n) is 10.6. The number of para-hydroxylation sites is 4. The molecule has 0 N–H and O–H groups in total. The van der Waals surface area contributed by atoms with Crippen molar-refractivity contribution in [3.05, 3.63) is 254 Å². The minimum absolute atomic E-state index is 0.907. The molecule has 2 aliphatic heterocycles. The topological polar surface area (TPSA) is 6.48 Å². The van der Waals surface area contributed by atoms with Crippen molar-refractivity contribution in [2.75, 3.05) is 9.80 Å². The van der Waals surface area contributed by atoms with Gasteiger partial charge in [0.2, 0.25) is 0 Å². The van der Waals surface area contributed by atoms with E-state index in [1.807, 2.05) is 11.8 Å². The molecule has 0 spiro atoms. The highest BCUT2D eigenvalue weighted by molar-refractivity contribution is 7.99. The van der Waals surface area contributed by atoms with E-state index in [-0.39, 0.29) is 0 Å². The average Bonchev–Trinajstić information content (AvgIpc) is 3.39. The van der Waals surface area contributed by atoms with Crippen molar-refractivity contribution < 1.29 is 0 Å². The molecule has 0 bridgehead atoms. The Bertz CT molecular complexity index is 3340. The maximum absolute atomic E-state index is 2.48. The molecule has 0 amide bonds. The number of fused-ring (bicyclic) bond motifs is 6. The van der Waals surface area contributed by atoms with Crippen LogP contribution in [-0.2, 0) is 6.42 Å². The van der Waals surface area contributed by atoms with Crippen LogP contribution in [0.5, 0.6) is 0 Å². The van der Waals surface area contributed by atoms with Gasteiger partial charge in [-0.3, -0.25) is 0 Å². The minimum Gasteiger partial charge on any atom is -0.310 e. The summed E-state index contributed by atoms with van der Waals surface area (Å²) in [5.41, 5.74) is 19.4. The van der Waals surface area contributed by atoms with Crippen LogP contribution < -0.4 is 9.80 Å². The molecule has 11 aromatic carbocycles. The largest absolute Gasteiger partial charge is 0.310 e. The Balaban J connectivity index is 1.18. The summed E-state index contributed by atoms with van der Waals surface area (Å²) in [6, 6.07) is 89.6. The third kappa shape index (κ3) is 6.27. The molecule has 310 valence electrons. The van der Waals surface area contributed by atoms with Crippen LogP contribution in [0, 0.1) is 0 Å². The van der Waals surface area contributed by atoms with E-state index >= 15 is 0 Å². The molecule has 0 radical (unpaired) electrons. The summed E-state index contributed by atoms with van der Waals surface area (Å²) in [5, 5.41) is 4.82. The van der Waals surface area contributed by atoms with Gasteiger partial charge >= 0.3 is 0 Å². The number of hydrogen-bond donors (Lipinski definition) is 0. The van der Waals surface area contributed by atoms with Crippen LogP contribution in [0.15, 0.2) is 252 Å². The third-order valence-corrected chi connectivity index (χ3v) is 14.6. The minimum atomic E-state index is 0.907. The third-order valence-electron chi connectivity index (χ3n) is 13.4. The van der Waals surface area contributed by atoms with Gasteiger partial charge in [-0.2, -0.15) is 0 Å². The first kappa shape index (κ1) is 38.4. The van der Waals surface area contributed by atoms with E-state index in [4.69, 9.17) is 0 Å². The number of benzene rings is 11. The lowest BCUT2D eigenvalue weighted by Gasteiger charge is -2.34. The molecule has 0 saturated heterocycles. The zero-order valence-corrected chi connectivity index (χ0v) is 36.9. The van der Waals surface area contributed by atoms with Gasteiger partial charge in [0.15, 0.2) is 0 Å². The number of nitrogens with zero attached hydrogens (tertiary/aromatic N) is 2. The molecule has 2 aliphatic rings. The second-order valence-electron chi connectivity index (χ2n) is 17.2. The van der Waals surface area contributed by atoms with Crippen molar-refractivity contribution in [3.63, 3.8) is 0 Å². The maximum Gasteiger partial charge on any atom is 0.0601 e. The zero-order valence-electron chi connectivity index (χ0n) is 36.1. The molecule has 66 heavy (non-hydrogen) atoms. The normalized spacial score (nSPS) is 12.7. The molecule has 3 heteroatoms. The van der Waals surface area contributed by atoms with Gasteiger partial charge in [-0.25, -0.2) is 0 Å². The highest BCUT2D eigenvalue weighted by Crippen LogP contribution is 2.55. The van der Waals surface area contributed by atoms with Gasteiger partial charge in [0, 0.05) is 39.0 Å². The quantitative estimate of drug-likeness (QED) is 0.154. The predicted molar refractivity (Wildman–Crippen MR) is 279 cm³/mol. The Morgan fingerprint density at radius 3 is 1.12 bits per heavy atom. The van der Waals surface area contributed by atoms with E-state index in [2.05, 4.69) is 252 Å². The summed E-state index contributed by atoms with van der Waals surface area (Å²) in [6.07, 6.45) is 0.907. The van der Waals surface area contributed by atoms with Gasteiger partial charge in [-0.1, -0.05) is 194 Å². The van der Waals surface area contributed by atoms with E-state index in [1.165, 1.54) is 110 Å². The molecule has 0 saturated carbocycles. The number of anilines is 6. The molecule has 2 nitrogen and oxygen atoms in total.